The highest BCUT2D eigenvalue weighted by atomic mass is 16.4. The summed E-state index contributed by atoms with van der Waals surface area (Å²) in [6.07, 6.45) is 3.88. The summed E-state index contributed by atoms with van der Waals surface area (Å²) < 4.78 is 0. The number of carboxylic acids is 1. The highest BCUT2D eigenvalue weighted by molar-refractivity contribution is 6.28. The lowest BCUT2D eigenvalue weighted by atomic mass is 10.2. The van der Waals surface area contributed by atoms with Gasteiger partial charge in [0.1, 0.15) is 0 Å². The van der Waals surface area contributed by atoms with Crippen LogP contribution in [0.5, 0.6) is 0 Å². The Balaban J connectivity index is 2.15. The summed E-state index contributed by atoms with van der Waals surface area (Å²) in [6.45, 7) is 0. The van der Waals surface area contributed by atoms with Crippen LogP contribution in [0.2, 0.25) is 0 Å². The van der Waals surface area contributed by atoms with Gasteiger partial charge in [-0.3, -0.25) is 14.4 Å². The Labute approximate surface area is 119 Å². The van der Waals surface area contributed by atoms with Crippen LogP contribution in [0.15, 0.2) is 48.6 Å². The second-order valence-electron chi connectivity index (χ2n) is 4.06. The molecule has 1 aromatic carbocycles. The zero-order chi connectivity index (χ0) is 15.4. The van der Waals surface area contributed by atoms with Crippen molar-refractivity contribution in [1.29, 1.82) is 0 Å². The van der Waals surface area contributed by atoms with Gasteiger partial charge in [-0.05, 0) is 18.2 Å². The summed E-state index contributed by atoms with van der Waals surface area (Å²) in [7, 11) is 0. The number of anilines is 2. The molecule has 0 bridgehead atoms. The molecule has 7 heteroatoms. The lowest BCUT2D eigenvalue weighted by Crippen LogP contribution is -2.29. The van der Waals surface area contributed by atoms with Crippen molar-refractivity contribution in [3.63, 3.8) is 0 Å². The molecule has 1 aliphatic rings. The molecule has 0 atom stereocenters. The Hall–Kier alpha value is -3.22. The fourth-order valence-corrected chi connectivity index (χ4v) is 1.71. The number of nitrogens with one attached hydrogen (secondary N) is 1. The Kier molecular flexibility index (Phi) is 3.94. The third-order valence-electron chi connectivity index (χ3n) is 2.56. The average molecular weight is 286 g/mol. The summed E-state index contributed by atoms with van der Waals surface area (Å²) in [4.78, 5) is 45.8. The third-order valence-corrected chi connectivity index (χ3v) is 2.56. The lowest BCUT2D eigenvalue weighted by Gasteiger charge is -2.14. The Morgan fingerprint density at radius 2 is 1.76 bits per heavy atom. The van der Waals surface area contributed by atoms with Gasteiger partial charge in [-0.2, -0.15) is 0 Å². The van der Waals surface area contributed by atoms with Crippen LogP contribution < -0.4 is 10.2 Å². The van der Waals surface area contributed by atoms with Crippen molar-refractivity contribution >= 4 is 35.1 Å². The Morgan fingerprint density at radius 1 is 1.10 bits per heavy atom. The number of aliphatic carboxylic acids is 1. The van der Waals surface area contributed by atoms with Gasteiger partial charge in [0, 0.05) is 30.0 Å². The monoisotopic (exact) mass is 286 g/mol. The quantitative estimate of drug-likeness (QED) is 0.626. The molecule has 0 saturated carbocycles. The van der Waals surface area contributed by atoms with Crippen LogP contribution in [0.4, 0.5) is 11.4 Å². The molecule has 106 valence electrons. The minimum Gasteiger partial charge on any atom is -0.478 e. The van der Waals surface area contributed by atoms with E-state index in [2.05, 4.69) is 5.32 Å². The molecule has 2 rings (SSSR count). The molecule has 7 nitrogen and oxygen atoms in total. The fourth-order valence-electron chi connectivity index (χ4n) is 1.71. The largest absolute Gasteiger partial charge is 0.478 e. The summed E-state index contributed by atoms with van der Waals surface area (Å²) >= 11 is 0. The van der Waals surface area contributed by atoms with E-state index in [1.165, 1.54) is 6.07 Å². The molecule has 3 amide bonds. The zero-order valence-corrected chi connectivity index (χ0v) is 10.6. The van der Waals surface area contributed by atoms with Gasteiger partial charge in [0.15, 0.2) is 0 Å². The molecular formula is C14H10N2O5. The van der Waals surface area contributed by atoms with Crippen molar-refractivity contribution in [1.82, 2.24) is 0 Å². The topological polar surface area (TPSA) is 104 Å². The number of carbonyl (C=O) groups excluding carboxylic acids is 3. The predicted octanol–water partition coefficient (Wildman–Crippen LogP) is 0.695. The van der Waals surface area contributed by atoms with Crippen LogP contribution in [0.1, 0.15) is 0 Å². The summed E-state index contributed by atoms with van der Waals surface area (Å²) in [5, 5.41) is 10.9. The van der Waals surface area contributed by atoms with Gasteiger partial charge in [0.25, 0.3) is 11.8 Å². The maximum absolute atomic E-state index is 11.6. The van der Waals surface area contributed by atoms with E-state index in [4.69, 9.17) is 5.11 Å². The maximum atomic E-state index is 11.6. The van der Waals surface area contributed by atoms with E-state index in [1.807, 2.05) is 0 Å². The van der Waals surface area contributed by atoms with Crippen molar-refractivity contribution < 1.29 is 24.3 Å². The predicted molar refractivity (Wildman–Crippen MR) is 73.5 cm³/mol. The number of rotatable bonds is 4. The minimum absolute atomic E-state index is 0.315. The molecule has 0 fully saturated rings. The molecule has 1 aromatic rings. The van der Waals surface area contributed by atoms with Crippen molar-refractivity contribution in [3.05, 3.63) is 48.6 Å². The number of hydrogen-bond donors (Lipinski definition) is 2. The molecule has 2 N–H and O–H groups in total. The van der Waals surface area contributed by atoms with Crippen molar-refractivity contribution in [2.45, 2.75) is 0 Å². The Morgan fingerprint density at radius 3 is 2.38 bits per heavy atom. The van der Waals surface area contributed by atoms with Gasteiger partial charge in [-0.15, -0.1) is 0 Å². The van der Waals surface area contributed by atoms with E-state index in [-0.39, 0.29) is 0 Å². The van der Waals surface area contributed by atoms with E-state index in [1.54, 1.807) is 18.2 Å². The molecule has 0 aromatic heterocycles. The highest BCUT2D eigenvalue weighted by Crippen LogP contribution is 2.22. The summed E-state index contributed by atoms with van der Waals surface area (Å²) in [6, 6.07) is 6.10. The molecule has 0 radical (unpaired) electrons. The normalized spacial score (nSPS) is 14.0. The van der Waals surface area contributed by atoms with Gasteiger partial charge < -0.3 is 10.4 Å². The number of carbonyl (C=O) groups is 4. The average Bonchev–Trinajstić information content (AvgIpc) is 2.76. The van der Waals surface area contributed by atoms with Crippen LogP contribution >= 0.6 is 0 Å². The van der Waals surface area contributed by atoms with E-state index < -0.39 is 23.7 Å². The van der Waals surface area contributed by atoms with E-state index in [9.17, 15) is 19.2 Å². The number of hydrogen-bond acceptors (Lipinski definition) is 4. The van der Waals surface area contributed by atoms with E-state index in [0.717, 1.165) is 23.1 Å². The second kappa shape index (κ2) is 5.83. The molecule has 21 heavy (non-hydrogen) atoms. The highest BCUT2D eigenvalue weighted by Gasteiger charge is 2.25. The van der Waals surface area contributed by atoms with E-state index >= 15 is 0 Å². The smallest absolute Gasteiger partial charge is 0.328 e. The first kappa shape index (κ1) is 14.2. The molecule has 0 aliphatic carbocycles. The molecule has 1 aliphatic heterocycles. The second-order valence-corrected chi connectivity index (χ2v) is 4.06. The molecule has 0 unspecified atom stereocenters. The number of benzene rings is 1. The first-order chi connectivity index (χ1) is 9.97. The number of amides is 3. The van der Waals surface area contributed by atoms with Gasteiger partial charge in [0.05, 0.1) is 5.69 Å². The standard InChI is InChI=1S/C14H10N2O5/c17-11(4-7-14(20)21)15-9-2-1-3-10(8-9)16-12(18)5-6-13(16)19/h1-8H,(H,15,17)(H,20,21)/b7-4+. The number of carboxylic acid groups (broad SMARTS) is 1. The molecule has 0 spiro atoms. The summed E-state index contributed by atoms with van der Waals surface area (Å²) in [5.74, 6) is -2.80. The van der Waals surface area contributed by atoms with Gasteiger partial charge in [-0.25, -0.2) is 9.69 Å². The first-order valence-corrected chi connectivity index (χ1v) is 5.85. The van der Waals surface area contributed by atoms with Crippen LogP contribution in [-0.4, -0.2) is 28.8 Å². The molecule has 1 heterocycles. The third kappa shape index (κ3) is 3.41. The van der Waals surface area contributed by atoms with Gasteiger partial charge in [-0.1, -0.05) is 6.07 Å². The van der Waals surface area contributed by atoms with Crippen molar-refractivity contribution in [2.24, 2.45) is 0 Å². The number of nitrogens with zero attached hydrogens (tertiary/aromatic N) is 1. The minimum atomic E-state index is -1.24. The van der Waals surface area contributed by atoms with Crippen LogP contribution in [-0.2, 0) is 19.2 Å². The lowest BCUT2D eigenvalue weighted by molar-refractivity contribution is -0.131. The zero-order valence-electron chi connectivity index (χ0n) is 10.6. The summed E-state index contributed by atoms with van der Waals surface area (Å²) in [5.41, 5.74) is 0.648. The maximum Gasteiger partial charge on any atom is 0.328 e. The van der Waals surface area contributed by atoms with Crippen LogP contribution in [0.25, 0.3) is 0 Å². The van der Waals surface area contributed by atoms with Crippen LogP contribution in [0.3, 0.4) is 0 Å². The van der Waals surface area contributed by atoms with Gasteiger partial charge >= 0.3 is 5.97 Å². The fraction of sp³-hybridized carbons (Fsp3) is 0. The Bertz CT molecular complexity index is 672. The van der Waals surface area contributed by atoms with E-state index in [0.29, 0.717) is 17.5 Å². The SMILES string of the molecule is O=C(O)/C=C/C(=O)Nc1cccc(N2C(=O)C=CC2=O)c1. The van der Waals surface area contributed by atoms with Crippen LogP contribution in [0, 0.1) is 0 Å². The molecule has 0 saturated heterocycles. The molecular weight excluding hydrogens is 276 g/mol. The van der Waals surface area contributed by atoms with Crippen molar-refractivity contribution in [3.8, 4) is 0 Å². The van der Waals surface area contributed by atoms with Crippen molar-refractivity contribution in [2.75, 3.05) is 10.2 Å². The van der Waals surface area contributed by atoms with Gasteiger partial charge in [0.2, 0.25) is 5.91 Å². The number of imide groups is 1. The first-order valence-electron chi connectivity index (χ1n) is 5.85.